The second kappa shape index (κ2) is 7.22. The molecule has 0 bridgehead atoms. The Morgan fingerprint density at radius 1 is 1.38 bits per heavy atom. The highest BCUT2D eigenvalue weighted by Crippen LogP contribution is 2.21. The van der Waals surface area contributed by atoms with Crippen LogP contribution in [0.15, 0.2) is 30.3 Å². The Balaban J connectivity index is 1.83. The molecule has 0 radical (unpaired) electrons. The Labute approximate surface area is 124 Å². The van der Waals surface area contributed by atoms with Crippen LogP contribution in [-0.4, -0.2) is 47.7 Å². The summed E-state index contributed by atoms with van der Waals surface area (Å²) in [6, 6.07) is 10.1. The lowest BCUT2D eigenvalue weighted by Crippen LogP contribution is -2.48. The number of amides is 1. The van der Waals surface area contributed by atoms with Crippen LogP contribution >= 0.6 is 0 Å². The van der Waals surface area contributed by atoms with Crippen LogP contribution in [0.25, 0.3) is 0 Å². The van der Waals surface area contributed by atoms with Crippen molar-refractivity contribution in [2.24, 2.45) is 0 Å². The average molecular weight is 291 g/mol. The van der Waals surface area contributed by atoms with Crippen molar-refractivity contribution in [3.05, 3.63) is 35.9 Å². The van der Waals surface area contributed by atoms with Gasteiger partial charge >= 0.3 is 5.97 Å². The second-order valence-electron chi connectivity index (χ2n) is 5.39. The quantitative estimate of drug-likeness (QED) is 0.899. The lowest BCUT2D eigenvalue weighted by molar-refractivity contribution is -0.159. The zero-order valence-electron chi connectivity index (χ0n) is 12.2. The summed E-state index contributed by atoms with van der Waals surface area (Å²) in [7, 11) is 0. The Morgan fingerprint density at radius 2 is 2.10 bits per heavy atom. The number of nitrogens with zero attached hydrogens (tertiary/aromatic N) is 1. The summed E-state index contributed by atoms with van der Waals surface area (Å²) in [4.78, 5) is 24.7. The molecule has 1 aromatic rings. The minimum Gasteiger partial charge on any atom is -0.479 e. The predicted molar refractivity (Wildman–Crippen MR) is 78.0 cm³/mol. The van der Waals surface area contributed by atoms with Crippen LogP contribution in [0.4, 0.5) is 0 Å². The first kappa shape index (κ1) is 15.5. The molecule has 5 nitrogen and oxygen atoms in total. The average Bonchev–Trinajstić information content (AvgIpc) is 2.53. The molecule has 1 amide bonds. The third-order valence-electron chi connectivity index (χ3n) is 3.85. The number of carbonyl (C=O) groups is 2. The van der Waals surface area contributed by atoms with Gasteiger partial charge in [0.1, 0.15) is 0 Å². The Morgan fingerprint density at radius 3 is 2.76 bits per heavy atom. The van der Waals surface area contributed by atoms with Crippen molar-refractivity contribution in [3.63, 3.8) is 0 Å². The lowest BCUT2D eigenvalue weighted by Gasteiger charge is -2.31. The molecule has 114 valence electrons. The molecule has 0 aliphatic carbocycles. The summed E-state index contributed by atoms with van der Waals surface area (Å²) in [5.41, 5.74) is 1.22. The van der Waals surface area contributed by atoms with E-state index in [4.69, 9.17) is 9.84 Å². The number of morpholine rings is 1. The maximum Gasteiger partial charge on any atom is 0.334 e. The van der Waals surface area contributed by atoms with Gasteiger partial charge in [0.15, 0.2) is 6.10 Å². The van der Waals surface area contributed by atoms with Crippen molar-refractivity contribution in [1.82, 2.24) is 4.90 Å². The van der Waals surface area contributed by atoms with Gasteiger partial charge in [-0.3, -0.25) is 4.79 Å². The number of hydrogen-bond acceptors (Lipinski definition) is 3. The fourth-order valence-electron chi connectivity index (χ4n) is 2.47. The number of rotatable bonds is 5. The number of carbonyl (C=O) groups excluding carboxylic acids is 1. The normalized spacial score (nSPS) is 20.0. The SMILES string of the molecule is CC(CCC(=O)N1CCOC(C(=O)O)C1)c1ccccc1. The zero-order chi connectivity index (χ0) is 15.2. The molecule has 2 rings (SSSR count). The number of ether oxygens (including phenoxy) is 1. The van der Waals surface area contributed by atoms with E-state index in [0.717, 1.165) is 6.42 Å². The molecule has 1 N–H and O–H groups in total. The first-order valence-corrected chi connectivity index (χ1v) is 7.25. The standard InChI is InChI=1S/C16H21NO4/c1-12(13-5-3-2-4-6-13)7-8-15(18)17-9-10-21-14(11-17)16(19)20/h2-6,12,14H,7-11H2,1H3,(H,19,20). The summed E-state index contributed by atoms with van der Waals surface area (Å²) in [6.45, 7) is 3.01. The summed E-state index contributed by atoms with van der Waals surface area (Å²) in [6.07, 6.45) is 0.301. The maximum atomic E-state index is 12.2. The van der Waals surface area contributed by atoms with Gasteiger partial charge in [0.05, 0.1) is 13.2 Å². The number of carboxylic acids is 1. The van der Waals surface area contributed by atoms with E-state index in [9.17, 15) is 9.59 Å². The highest BCUT2D eigenvalue weighted by Gasteiger charge is 2.28. The van der Waals surface area contributed by atoms with Gasteiger partial charge in [-0.05, 0) is 17.9 Å². The molecule has 0 aromatic heterocycles. The van der Waals surface area contributed by atoms with Crippen LogP contribution in [0.2, 0.25) is 0 Å². The molecule has 1 fully saturated rings. The largest absolute Gasteiger partial charge is 0.479 e. The highest BCUT2D eigenvalue weighted by atomic mass is 16.5. The van der Waals surface area contributed by atoms with Crippen molar-refractivity contribution in [3.8, 4) is 0 Å². The van der Waals surface area contributed by atoms with Crippen molar-refractivity contribution in [1.29, 1.82) is 0 Å². The van der Waals surface area contributed by atoms with E-state index >= 15 is 0 Å². The van der Waals surface area contributed by atoms with Crippen LogP contribution in [0.3, 0.4) is 0 Å². The fraction of sp³-hybridized carbons (Fsp3) is 0.500. The smallest absolute Gasteiger partial charge is 0.334 e. The minimum absolute atomic E-state index is 0.00679. The first-order valence-electron chi connectivity index (χ1n) is 7.25. The van der Waals surface area contributed by atoms with E-state index in [1.807, 2.05) is 18.2 Å². The van der Waals surface area contributed by atoms with Crippen molar-refractivity contribution in [2.45, 2.75) is 31.8 Å². The molecule has 1 saturated heterocycles. The topological polar surface area (TPSA) is 66.8 Å². The van der Waals surface area contributed by atoms with E-state index in [1.54, 1.807) is 4.90 Å². The Kier molecular flexibility index (Phi) is 5.33. The molecule has 2 atom stereocenters. The zero-order valence-corrected chi connectivity index (χ0v) is 12.2. The van der Waals surface area contributed by atoms with Gasteiger partial charge in [0.2, 0.25) is 5.91 Å². The molecule has 1 aliphatic rings. The van der Waals surface area contributed by atoms with Gasteiger partial charge in [-0.25, -0.2) is 4.79 Å². The first-order chi connectivity index (χ1) is 10.1. The lowest BCUT2D eigenvalue weighted by atomic mass is 9.96. The van der Waals surface area contributed by atoms with Gasteiger partial charge in [-0.1, -0.05) is 37.3 Å². The van der Waals surface area contributed by atoms with Crippen molar-refractivity contribution >= 4 is 11.9 Å². The molecule has 5 heteroatoms. The van der Waals surface area contributed by atoms with E-state index in [0.29, 0.717) is 18.9 Å². The number of benzene rings is 1. The molecule has 2 unspecified atom stereocenters. The molecule has 1 aromatic carbocycles. The van der Waals surface area contributed by atoms with Crippen LogP contribution in [0.1, 0.15) is 31.2 Å². The van der Waals surface area contributed by atoms with E-state index in [2.05, 4.69) is 19.1 Å². The molecule has 21 heavy (non-hydrogen) atoms. The van der Waals surface area contributed by atoms with Crippen LogP contribution in [0.5, 0.6) is 0 Å². The third kappa shape index (κ3) is 4.29. The maximum absolute atomic E-state index is 12.2. The van der Waals surface area contributed by atoms with Crippen molar-refractivity contribution < 1.29 is 19.4 Å². The molecular weight excluding hydrogens is 270 g/mol. The summed E-state index contributed by atoms with van der Waals surface area (Å²) in [5, 5.41) is 8.94. The van der Waals surface area contributed by atoms with Crippen LogP contribution in [0, 0.1) is 0 Å². The van der Waals surface area contributed by atoms with Crippen LogP contribution < -0.4 is 0 Å². The molecule has 0 spiro atoms. The summed E-state index contributed by atoms with van der Waals surface area (Å²) in [5.74, 6) is -0.691. The van der Waals surface area contributed by atoms with Crippen LogP contribution in [-0.2, 0) is 14.3 Å². The molecule has 0 saturated carbocycles. The third-order valence-corrected chi connectivity index (χ3v) is 3.85. The highest BCUT2D eigenvalue weighted by molar-refractivity contribution is 5.78. The van der Waals surface area contributed by atoms with E-state index in [1.165, 1.54) is 5.56 Å². The summed E-state index contributed by atoms with van der Waals surface area (Å²) < 4.78 is 5.12. The molecule has 1 aliphatic heterocycles. The van der Waals surface area contributed by atoms with Gasteiger partial charge in [-0.2, -0.15) is 0 Å². The Bertz CT molecular complexity index is 488. The summed E-state index contributed by atoms with van der Waals surface area (Å²) >= 11 is 0. The van der Waals surface area contributed by atoms with Gasteiger partial charge in [-0.15, -0.1) is 0 Å². The number of carboxylic acid groups (broad SMARTS) is 1. The van der Waals surface area contributed by atoms with Gasteiger partial charge < -0.3 is 14.7 Å². The molecule has 1 heterocycles. The predicted octanol–water partition coefficient (Wildman–Crippen LogP) is 1.88. The number of aliphatic carboxylic acids is 1. The second-order valence-corrected chi connectivity index (χ2v) is 5.39. The van der Waals surface area contributed by atoms with Gasteiger partial charge in [0.25, 0.3) is 0 Å². The van der Waals surface area contributed by atoms with E-state index in [-0.39, 0.29) is 19.1 Å². The van der Waals surface area contributed by atoms with E-state index < -0.39 is 12.1 Å². The number of hydrogen-bond donors (Lipinski definition) is 1. The van der Waals surface area contributed by atoms with Gasteiger partial charge in [0, 0.05) is 13.0 Å². The van der Waals surface area contributed by atoms with Crippen molar-refractivity contribution in [2.75, 3.05) is 19.7 Å². The fourth-order valence-corrected chi connectivity index (χ4v) is 2.47. The minimum atomic E-state index is -1.01. The molecular formula is C16H21NO4. The monoisotopic (exact) mass is 291 g/mol. The Hall–Kier alpha value is -1.88.